The topological polar surface area (TPSA) is 29.3 Å². The number of rotatable bonds is 6. The van der Waals surface area contributed by atoms with E-state index in [0.717, 1.165) is 12.5 Å². The quantitative estimate of drug-likeness (QED) is 0.490. The first-order chi connectivity index (χ1) is 5.70. The highest BCUT2D eigenvalue weighted by Crippen LogP contribution is 2.09. The first kappa shape index (κ1) is 11.5. The largest absolute Gasteiger partial charge is 0.319 e. The van der Waals surface area contributed by atoms with Crippen LogP contribution in [0.2, 0.25) is 0 Å². The van der Waals surface area contributed by atoms with Gasteiger partial charge in [0.2, 0.25) is 0 Å². The number of allylic oxidation sites excluding steroid dienone is 1. The van der Waals surface area contributed by atoms with Crippen LogP contribution in [0.15, 0.2) is 12.3 Å². The number of nitrogens with two attached hydrogens (primary N) is 1. The van der Waals surface area contributed by atoms with E-state index in [1.54, 1.807) is 5.01 Å². The Balaban J connectivity index is 3.39. The van der Waals surface area contributed by atoms with Gasteiger partial charge in [0.15, 0.2) is 0 Å². The first-order valence-corrected chi connectivity index (χ1v) is 4.84. The van der Waals surface area contributed by atoms with Crippen LogP contribution in [0.5, 0.6) is 0 Å². The van der Waals surface area contributed by atoms with Gasteiger partial charge < -0.3 is 5.01 Å². The van der Waals surface area contributed by atoms with Crippen LogP contribution < -0.4 is 5.84 Å². The summed E-state index contributed by atoms with van der Waals surface area (Å²) in [6.45, 7) is 7.45. The molecular formula is C10H22N2. The van der Waals surface area contributed by atoms with Crippen molar-refractivity contribution >= 4 is 0 Å². The summed E-state index contributed by atoms with van der Waals surface area (Å²) in [5.41, 5.74) is 0. The lowest BCUT2D eigenvalue weighted by atomic mass is 10.0. The Labute approximate surface area is 76.4 Å². The van der Waals surface area contributed by atoms with Crippen molar-refractivity contribution in [3.63, 3.8) is 0 Å². The maximum Gasteiger partial charge on any atom is 0.0337 e. The molecule has 0 saturated carbocycles. The second kappa shape index (κ2) is 7.17. The van der Waals surface area contributed by atoms with Gasteiger partial charge in [-0.25, -0.2) is 5.84 Å². The van der Waals surface area contributed by atoms with Gasteiger partial charge in [-0.3, -0.25) is 0 Å². The summed E-state index contributed by atoms with van der Waals surface area (Å²) < 4.78 is 0. The average Bonchev–Trinajstić information content (AvgIpc) is 2.02. The zero-order chi connectivity index (χ0) is 9.40. The molecular weight excluding hydrogens is 148 g/mol. The third kappa shape index (κ3) is 6.23. The Kier molecular flexibility index (Phi) is 6.87. The van der Waals surface area contributed by atoms with Gasteiger partial charge in [-0.05, 0) is 19.3 Å². The van der Waals surface area contributed by atoms with Gasteiger partial charge in [0.25, 0.3) is 0 Å². The molecule has 0 amide bonds. The van der Waals surface area contributed by atoms with Crippen molar-refractivity contribution < 1.29 is 0 Å². The maximum absolute atomic E-state index is 5.68. The Hall–Kier alpha value is -0.500. The van der Waals surface area contributed by atoms with Crippen LogP contribution in [0.25, 0.3) is 0 Å². The summed E-state index contributed by atoms with van der Waals surface area (Å²) in [7, 11) is 0. The lowest BCUT2D eigenvalue weighted by molar-refractivity contribution is 0.341. The van der Waals surface area contributed by atoms with E-state index in [2.05, 4.69) is 13.8 Å². The van der Waals surface area contributed by atoms with Crippen LogP contribution in [0, 0.1) is 5.92 Å². The highest BCUT2D eigenvalue weighted by Gasteiger charge is 2.00. The number of hydrogen-bond acceptors (Lipinski definition) is 2. The summed E-state index contributed by atoms with van der Waals surface area (Å²) in [6, 6.07) is 0. The minimum absolute atomic E-state index is 0.798. The molecule has 0 aliphatic rings. The van der Waals surface area contributed by atoms with E-state index in [4.69, 9.17) is 5.84 Å². The SMILES string of the molecule is C/C=C\N(N)CCC(C)CCC. The van der Waals surface area contributed by atoms with Crippen LogP contribution >= 0.6 is 0 Å². The first-order valence-electron chi connectivity index (χ1n) is 4.84. The van der Waals surface area contributed by atoms with E-state index in [9.17, 15) is 0 Å². The zero-order valence-electron chi connectivity index (χ0n) is 8.59. The fourth-order valence-electron chi connectivity index (χ4n) is 1.27. The lowest BCUT2D eigenvalue weighted by Crippen LogP contribution is -2.27. The fourth-order valence-corrected chi connectivity index (χ4v) is 1.27. The van der Waals surface area contributed by atoms with Crippen molar-refractivity contribution in [1.82, 2.24) is 5.01 Å². The van der Waals surface area contributed by atoms with Crippen molar-refractivity contribution in [3.8, 4) is 0 Å². The minimum Gasteiger partial charge on any atom is -0.319 e. The highest BCUT2D eigenvalue weighted by molar-refractivity contribution is 4.74. The van der Waals surface area contributed by atoms with Gasteiger partial charge in [-0.2, -0.15) is 0 Å². The molecule has 0 aromatic rings. The molecule has 0 radical (unpaired) electrons. The van der Waals surface area contributed by atoms with E-state index < -0.39 is 0 Å². The third-order valence-corrected chi connectivity index (χ3v) is 2.00. The van der Waals surface area contributed by atoms with Crippen LogP contribution in [-0.4, -0.2) is 11.6 Å². The predicted octanol–water partition coefficient (Wildman–Crippen LogP) is 2.52. The van der Waals surface area contributed by atoms with Gasteiger partial charge in [0.1, 0.15) is 0 Å². The van der Waals surface area contributed by atoms with Crippen LogP contribution in [0.1, 0.15) is 40.0 Å². The lowest BCUT2D eigenvalue weighted by Gasteiger charge is -2.16. The second-order valence-electron chi connectivity index (χ2n) is 3.40. The molecule has 2 nitrogen and oxygen atoms in total. The van der Waals surface area contributed by atoms with E-state index in [1.807, 2.05) is 19.2 Å². The molecule has 2 heteroatoms. The van der Waals surface area contributed by atoms with Gasteiger partial charge in [0, 0.05) is 12.7 Å². The smallest absolute Gasteiger partial charge is 0.0337 e. The molecule has 0 bridgehead atoms. The molecule has 1 atom stereocenters. The van der Waals surface area contributed by atoms with Gasteiger partial charge in [-0.15, -0.1) is 0 Å². The van der Waals surface area contributed by atoms with Gasteiger partial charge in [-0.1, -0.05) is 32.8 Å². The molecule has 0 saturated heterocycles. The van der Waals surface area contributed by atoms with E-state index >= 15 is 0 Å². The fraction of sp³-hybridized carbons (Fsp3) is 0.800. The number of hydrazine groups is 1. The molecule has 72 valence electrons. The summed E-state index contributed by atoms with van der Waals surface area (Å²) in [4.78, 5) is 0. The summed E-state index contributed by atoms with van der Waals surface area (Å²) in [5.74, 6) is 6.47. The Morgan fingerprint density at radius 3 is 2.58 bits per heavy atom. The van der Waals surface area contributed by atoms with Crippen molar-refractivity contribution in [1.29, 1.82) is 0 Å². The molecule has 0 rings (SSSR count). The molecule has 0 aliphatic heterocycles. The molecule has 12 heavy (non-hydrogen) atoms. The van der Waals surface area contributed by atoms with Gasteiger partial charge >= 0.3 is 0 Å². The van der Waals surface area contributed by atoms with Crippen LogP contribution in [0.3, 0.4) is 0 Å². The molecule has 0 aromatic heterocycles. The van der Waals surface area contributed by atoms with Gasteiger partial charge in [0.05, 0.1) is 0 Å². The Bertz CT molecular complexity index is 121. The van der Waals surface area contributed by atoms with E-state index in [-0.39, 0.29) is 0 Å². The van der Waals surface area contributed by atoms with Crippen molar-refractivity contribution in [2.75, 3.05) is 6.54 Å². The van der Waals surface area contributed by atoms with Crippen molar-refractivity contribution in [3.05, 3.63) is 12.3 Å². The number of nitrogens with zero attached hydrogens (tertiary/aromatic N) is 1. The third-order valence-electron chi connectivity index (χ3n) is 2.00. The normalized spacial score (nSPS) is 13.7. The number of hydrogen-bond donors (Lipinski definition) is 1. The average molecular weight is 170 g/mol. The molecule has 0 spiro atoms. The molecule has 0 aliphatic carbocycles. The monoisotopic (exact) mass is 170 g/mol. The van der Waals surface area contributed by atoms with Crippen LogP contribution in [0.4, 0.5) is 0 Å². The predicted molar refractivity (Wildman–Crippen MR) is 54.4 cm³/mol. The Morgan fingerprint density at radius 2 is 2.08 bits per heavy atom. The zero-order valence-corrected chi connectivity index (χ0v) is 8.59. The molecule has 0 aromatic carbocycles. The molecule has 2 N–H and O–H groups in total. The minimum atomic E-state index is 0.798. The van der Waals surface area contributed by atoms with E-state index in [1.165, 1.54) is 19.3 Å². The summed E-state index contributed by atoms with van der Waals surface area (Å²) in [6.07, 6.45) is 7.65. The van der Waals surface area contributed by atoms with E-state index in [0.29, 0.717) is 0 Å². The second-order valence-corrected chi connectivity index (χ2v) is 3.40. The summed E-state index contributed by atoms with van der Waals surface area (Å²) in [5, 5.41) is 1.76. The Morgan fingerprint density at radius 1 is 1.42 bits per heavy atom. The molecule has 0 heterocycles. The van der Waals surface area contributed by atoms with Crippen molar-refractivity contribution in [2.24, 2.45) is 11.8 Å². The summed E-state index contributed by atoms with van der Waals surface area (Å²) >= 11 is 0. The standard InChI is InChI=1S/C10H22N2/c1-4-6-10(3)7-9-12(11)8-5-2/h5,8,10H,4,6-7,9,11H2,1-3H3/b8-5-. The highest BCUT2D eigenvalue weighted by atomic mass is 15.4. The molecule has 0 fully saturated rings. The van der Waals surface area contributed by atoms with Crippen molar-refractivity contribution in [2.45, 2.75) is 40.0 Å². The molecule has 1 unspecified atom stereocenters. The van der Waals surface area contributed by atoms with Crippen LogP contribution in [-0.2, 0) is 0 Å². The maximum atomic E-state index is 5.68.